The van der Waals surface area contributed by atoms with Gasteiger partial charge in [-0.15, -0.1) is 0 Å². The summed E-state index contributed by atoms with van der Waals surface area (Å²) in [6.45, 7) is 8.52. The number of hydrogen-bond donors (Lipinski definition) is 1. The third-order valence-corrected chi connectivity index (χ3v) is 5.25. The van der Waals surface area contributed by atoms with Crippen molar-refractivity contribution < 1.29 is 4.74 Å². The standard InChI is InChI=1S/C22H25N7O/c1-15(2)14-29-21-17(12-25-29)4-3-16-11-24-22(27-20(16)21)26-19-6-5-18(13-23-19)28-7-9-30-10-8-28/h3-6,11-13,15H,7-10,14H2,1-2H3,(H,23,24,26,27). The summed E-state index contributed by atoms with van der Waals surface area (Å²) in [6, 6.07) is 8.14. The maximum absolute atomic E-state index is 5.42. The molecule has 0 spiro atoms. The molecule has 1 aromatic carbocycles. The molecule has 0 unspecified atom stereocenters. The Labute approximate surface area is 174 Å². The molecule has 30 heavy (non-hydrogen) atoms. The fourth-order valence-electron chi connectivity index (χ4n) is 3.79. The lowest BCUT2D eigenvalue weighted by Gasteiger charge is -2.28. The van der Waals surface area contributed by atoms with Gasteiger partial charge in [-0.1, -0.05) is 26.0 Å². The predicted octanol–water partition coefficient (Wildman–Crippen LogP) is 3.61. The van der Waals surface area contributed by atoms with Gasteiger partial charge in [0.05, 0.1) is 36.8 Å². The number of morpholine rings is 1. The van der Waals surface area contributed by atoms with Crippen LogP contribution in [-0.2, 0) is 11.3 Å². The van der Waals surface area contributed by atoms with Crippen molar-refractivity contribution >= 4 is 39.3 Å². The Morgan fingerprint density at radius 2 is 1.83 bits per heavy atom. The minimum Gasteiger partial charge on any atom is -0.378 e. The summed E-state index contributed by atoms with van der Waals surface area (Å²) in [4.78, 5) is 16.1. The summed E-state index contributed by atoms with van der Waals surface area (Å²) in [5.74, 6) is 1.74. The first-order valence-corrected chi connectivity index (χ1v) is 10.3. The second-order valence-electron chi connectivity index (χ2n) is 7.98. The van der Waals surface area contributed by atoms with Crippen LogP contribution >= 0.6 is 0 Å². The molecule has 1 fully saturated rings. The molecule has 154 valence electrons. The van der Waals surface area contributed by atoms with Gasteiger partial charge in [0, 0.05) is 36.6 Å². The first-order chi connectivity index (χ1) is 14.7. The van der Waals surface area contributed by atoms with E-state index >= 15 is 0 Å². The van der Waals surface area contributed by atoms with Gasteiger partial charge in [-0.2, -0.15) is 5.10 Å². The van der Waals surface area contributed by atoms with E-state index < -0.39 is 0 Å². The topological polar surface area (TPSA) is 81.0 Å². The molecule has 4 heterocycles. The van der Waals surface area contributed by atoms with Gasteiger partial charge in [0.15, 0.2) is 0 Å². The van der Waals surface area contributed by atoms with Crippen molar-refractivity contribution in [1.29, 1.82) is 0 Å². The zero-order chi connectivity index (χ0) is 20.5. The molecule has 8 heteroatoms. The third-order valence-electron chi connectivity index (χ3n) is 5.25. The highest BCUT2D eigenvalue weighted by Gasteiger charge is 2.13. The second-order valence-corrected chi connectivity index (χ2v) is 7.98. The molecule has 0 radical (unpaired) electrons. The molecule has 0 aliphatic carbocycles. The number of anilines is 3. The highest BCUT2D eigenvalue weighted by atomic mass is 16.5. The monoisotopic (exact) mass is 403 g/mol. The number of nitrogens with one attached hydrogen (secondary N) is 1. The molecule has 4 aromatic rings. The molecular formula is C22H25N7O. The quantitative estimate of drug-likeness (QED) is 0.545. The normalized spacial score (nSPS) is 14.7. The molecule has 0 atom stereocenters. The lowest BCUT2D eigenvalue weighted by Crippen LogP contribution is -2.36. The van der Waals surface area contributed by atoms with E-state index in [1.165, 1.54) is 0 Å². The Bertz CT molecular complexity index is 1160. The van der Waals surface area contributed by atoms with Crippen LogP contribution in [0.5, 0.6) is 0 Å². The predicted molar refractivity (Wildman–Crippen MR) is 118 cm³/mol. The van der Waals surface area contributed by atoms with E-state index in [0.29, 0.717) is 17.7 Å². The van der Waals surface area contributed by atoms with Crippen molar-refractivity contribution in [3.8, 4) is 0 Å². The van der Waals surface area contributed by atoms with Crippen LogP contribution < -0.4 is 10.2 Å². The molecule has 8 nitrogen and oxygen atoms in total. The Balaban J connectivity index is 1.44. The molecule has 1 aliphatic heterocycles. The average molecular weight is 403 g/mol. The van der Waals surface area contributed by atoms with E-state index in [2.05, 4.69) is 51.3 Å². The Hall–Kier alpha value is -3.26. The van der Waals surface area contributed by atoms with Crippen LogP contribution in [-0.4, -0.2) is 51.0 Å². The smallest absolute Gasteiger partial charge is 0.228 e. The molecule has 1 saturated heterocycles. The molecule has 0 amide bonds. The highest BCUT2D eigenvalue weighted by Crippen LogP contribution is 2.26. The lowest BCUT2D eigenvalue weighted by atomic mass is 10.1. The molecule has 0 bridgehead atoms. The minimum absolute atomic E-state index is 0.497. The number of pyridine rings is 1. The van der Waals surface area contributed by atoms with Crippen LogP contribution in [0, 0.1) is 5.92 Å². The van der Waals surface area contributed by atoms with E-state index in [1.807, 2.05) is 35.4 Å². The first kappa shape index (κ1) is 18.7. The zero-order valence-corrected chi connectivity index (χ0v) is 17.2. The van der Waals surface area contributed by atoms with Gasteiger partial charge in [-0.25, -0.2) is 15.0 Å². The second kappa shape index (κ2) is 7.87. The van der Waals surface area contributed by atoms with Crippen molar-refractivity contribution in [2.24, 2.45) is 5.92 Å². The van der Waals surface area contributed by atoms with E-state index in [9.17, 15) is 0 Å². The highest BCUT2D eigenvalue weighted by molar-refractivity contribution is 6.03. The SMILES string of the molecule is CC(C)Cn1ncc2ccc3cnc(Nc4ccc(N5CCOCC5)cn4)nc3c21. The van der Waals surface area contributed by atoms with Crippen molar-refractivity contribution in [3.63, 3.8) is 0 Å². The van der Waals surface area contributed by atoms with E-state index in [4.69, 9.17) is 9.72 Å². The first-order valence-electron chi connectivity index (χ1n) is 10.3. The molecule has 0 saturated carbocycles. The van der Waals surface area contributed by atoms with Crippen molar-refractivity contribution in [1.82, 2.24) is 24.7 Å². The van der Waals surface area contributed by atoms with Crippen LogP contribution in [0.15, 0.2) is 42.9 Å². The van der Waals surface area contributed by atoms with Crippen LogP contribution in [0.4, 0.5) is 17.5 Å². The number of fused-ring (bicyclic) bond motifs is 3. The van der Waals surface area contributed by atoms with Gasteiger partial charge in [0.2, 0.25) is 5.95 Å². The Morgan fingerprint density at radius 3 is 2.60 bits per heavy atom. The number of aromatic nitrogens is 5. The summed E-state index contributed by atoms with van der Waals surface area (Å²) < 4.78 is 7.45. The number of ether oxygens (including phenoxy) is 1. The maximum atomic E-state index is 5.42. The van der Waals surface area contributed by atoms with Crippen LogP contribution in [0.2, 0.25) is 0 Å². The zero-order valence-electron chi connectivity index (χ0n) is 17.2. The van der Waals surface area contributed by atoms with Crippen molar-refractivity contribution in [2.45, 2.75) is 20.4 Å². The number of nitrogens with zero attached hydrogens (tertiary/aromatic N) is 6. The summed E-state index contributed by atoms with van der Waals surface area (Å²) in [5.41, 5.74) is 3.04. The fourth-order valence-corrected chi connectivity index (χ4v) is 3.79. The summed E-state index contributed by atoms with van der Waals surface area (Å²) in [5, 5.41) is 9.88. The summed E-state index contributed by atoms with van der Waals surface area (Å²) in [6.07, 6.45) is 5.63. The van der Waals surface area contributed by atoms with E-state index in [-0.39, 0.29) is 0 Å². The van der Waals surface area contributed by atoms with Crippen molar-refractivity contribution in [3.05, 3.63) is 42.9 Å². The Morgan fingerprint density at radius 1 is 1.00 bits per heavy atom. The summed E-state index contributed by atoms with van der Waals surface area (Å²) in [7, 11) is 0. The molecule has 5 rings (SSSR count). The van der Waals surface area contributed by atoms with Gasteiger partial charge in [0.25, 0.3) is 0 Å². The largest absolute Gasteiger partial charge is 0.378 e. The average Bonchev–Trinajstić information content (AvgIpc) is 3.17. The molecule has 3 aromatic heterocycles. The van der Waals surface area contributed by atoms with Crippen LogP contribution in [0.1, 0.15) is 13.8 Å². The van der Waals surface area contributed by atoms with Gasteiger partial charge in [-0.3, -0.25) is 4.68 Å². The fraction of sp³-hybridized carbons (Fsp3) is 0.364. The summed E-state index contributed by atoms with van der Waals surface area (Å²) >= 11 is 0. The van der Waals surface area contributed by atoms with Crippen LogP contribution in [0.3, 0.4) is 0 Å². The number of hydrogen-bond acceptors (Lipinski definition) is 7. The minimum atomic E-state index is 0.497. The van der Waals surface area contributed by atoms with Crippen LogP contribution in [0.25, 0.3) is 21.8 Å². The van der Waals surface area contributed by atoms with E-state index in [1.54, 1.807) is 0 Å². The maximum Gasteiger partial charge on any atom is 0.228 e. The Kier molecular flexibility index (Phi) is 4.92. The lowest BCUT2D eigenvalue weighted by molar-refractivity contribution is 0.122. The van der Waals surface area contributed by atoms with Gasteiger partial charge >= 0.3 is 0 Å². The number of rotatable bonds is 5. The van der Waals surface area contributed by atoms with Crippen molar-refractivity contribution in [2.75, 3.05) is 36.5 Å². The molecule has 1 N–H and O–H groups in total. The van der Waals surface area contributed by atoms with Gasteiger partial charge in [-0.05, 0) is 18.1 Å². The van der Waals surface area contributed by atoms with E-state index in [0.717, 1.165) is 60.3 Å². The molecular weight excluding hydrogens is 378 g/mol. The number of benzene rings is 1. The van der Waals surface area contributed by atoms with Gasteiger partial charge in [0.1, 0.15) is 11.3 Å². The van der Waals surface area contributed by atoms with Gasteiger partial charge < -0.3 is 15.0 Å². The molecule has 1 aliphatic rings. The third kappa shape index (κ3) is 3.66.